The van der Waals surface area contributed by atoms with Crippen molar-refractivity contribution in [2.45, 2.75) is 33.0 Å². The van der Waals surface area contributed by atoms with E-state index in [2.05, 4.69) is 0 Å². The Kier molecular flexibility index (Phi) is 7.97. The van der Waals surface area contributed by atoms with Gasteiger partial charge in [-0.05, 0) is 55.3 Å². The molecular formula is C26H27FN2O3. The van der Waals surface area contributed by atoms with E-state index in [0.717, 1.165) is 11.1 Å². The standard InChI is InChI=1S/C26H27FN2O3/c1-20(2)29(25(30)15-12-21-7-4-3-5-8-21)19-26(31)28(18-24-9-6-16-32-24)17-22-10-13-23(27)14-11-22/h3-16,20H,17-19H2,1-2H3. The first-order chi connectivity index (χ1) is 15.4. The molecule has 0 unspecified atom stereocenters. The largest absolute Gasteiger partial charge is 0.467 e. The van der Waals surface area contributed by atoms with Crippen molar-refractivity contribution in [3.63, 3.8) is 0 Å². The zero-order valence-electron chi connectivity index (χ0n) is 18.3. The van der Waals surface area contributed by atoms with Crippen LogP contribution in [-0.4, -0.2) is 34.2 Å². The molecule has 0 fully saturated rings. The normalized spacial score (nSPS) is 11.1. The number of hydrogen-bond acceptors (Lipinski definition) is 3. The van der Waals surface area contributed by atoms with Crippen molar-refractivity contribution in [2.75, 3.05) is 6.54 Å². The molecule has 2 amide bonds. The summed E-state index contributed by atoms with van der Waals surface area (Å²) in [5, 5.41) is 0. The van der Waals surface area contributed by atoms with Crippen LogP contribution in [0.5, 0.6) is 0 Å². The Morgan fingerprint density at radius 1 is 0.969 bits per heavy atom. The summed E-state index contributed by atoms with van der Waals surface area (Å²) < 4.78 is 18.7. The lowest BCUT2D eigenvalue weighted by molar-refractivity contribution is -0.140. The zero-order valence-corrected chi connectivity index (χ0v) is 18.3. The van der Waals surface area contributed by atoms with E-state index in [1.807, 2.05) is 44.2 Å². The Labute approximate surface area is 187 Å². The number of nitrogens with zero attached hydrogens (tertiary/aromatic N) is 2. The molecule has 5 nitrogen and oxygen atoms in total. The molecule has 1 aromatic heterocycles. The van der Waals surface area contributed by atoms with Crippen LogP contribution in [-0.2, 0) is 22.7 Å². The second kappa shape index (κ2) is 11.1. The monoisotopic (exact) mass is 434 g/mol. The summed E-state index contributed by atoms with van der Waals surface area (Å²) in [6.07, 6.45) is 4.77. The average molecular weight is 435 g/mol. The molecular weight excluding hydrogens is 407 g/mol. The minimum absolute atomic E-state index is 0.0719. The van der Waals surface area contributed by atoms with Crippen LogP contribution in [0.3, 0.4) is 0 Å². The van der Waals surface area contributed by atoms with Crippen LogP contribution in [0, 0.1) is 5.82 Å². The Morgan fingerprint density at radius 2 is 1.69 bits per heavy atom. The molecule has 0 bridgehead atoms. The third-order valence-corrected chi connectivity index (χ3v) is 5.00. The summed E-state index contributed by atoms with van der Waals surface area (Å²) in [4.78, 5) is 29.2. The molecule has 0 aliphatic heterocycles. The lowest BCUT2D eigenvalue weighted by Gasteiger charge is -2.29. The van der Waals surface area contributed by atoms with Gasteiger partial charge < -0.3 is 14.2 Å². The molecule has 32 heavy (non-hydrogen) atoms. The van der Waals surface area contributed by atoms with Gasteiger partial charge in [0.1, 0.15) is 18.1 Å². The van der Waals surface area contributed by atoms with Crippen LogP contribution in [0.4, 0.5) is 4.39 Å². The molecule has 0 saturated heterocycles. The van der Waals surface area contributed by atoms with Crippen LogP contribution in [0.1, 0.15) is 30.7 Å². The van der Waals surface area contributed by atoms with Crippen molar-refractivity contribution < 1.29 is 18.4 Å². The Hall–Kier alpha value is -3.67. The van der Waals surface area contributed by atoms with Gasteiger partial charge in [-0.3, -0.25) is 9.59 Å². The number of carbonyl (C=O) groups excluding carboxylic acids is 2. The maximum absolute atomic E-state index is 13.3. The van der Waals surface area contributed by atoms with Gasteiger partial charge in [0, 0.05) is 18.7 Å². The van der Waals surface area contributed by atoms with Gasteiger partial charge in [0.25, 0.3) is 0 Å². The number of benzene rings is 2. The van der Waals surface area contributed by atoms with E-state index in [1.165, 1.54) is 23.1 Å². The lowest BCUT2D eigenvalue weighted by Crippen LogP contribution is -2.45. The van der Waals surface area contributed by atoms with Crippen molar-refractivity contribution in [1.82, 2.24) is 9.80 Å². The van der Waals surface area contributed by atoms with Crippen molar-refractivity contribution >= 4 is 17.9 Å². The Bertz CT molecular complexity index is 1030. The molecule has 3 rings (SSSR count). The first-order valence-corrected chi connectivity index (χ1v) is 10.5. The van der Waals surface area contributed by atoms with E-state index in [0.29, 0.717) is 5.76 Å². The highest BCUT2D eigenvalue weighted by Crippen LogP contribution is 2.14. The summed E-state index contributed by atoms with van der Waals surface area (Å²) in [6.45, 7) is 4.21. The minimum atomic E-state index is -0.334. The summed E-state index contributed by atoms with van der Waals surface area (Å²) in [5.74, 6) is -0.163. The predicted molar refractivity (Wildman–Crippen MR) is 122 cm³/mol. The van der Waals surface area contributed by atoms with Gasteiger partial charge in [-0.2, -0.15) is 0 Å². The molecule has 2 aromatic carbocycles. The van der Waals surface area contributed by atoms with E-state index < -0.39 is 0 Å². The molecule has 0 saturated carbocycles. The second-order valence-corrected chi connectivity index (χ2v) is 7.76. The summed E-state index contributed by atoms with van der Waals surface area (Å²) in [7, 11) is 0. The fourth-order valence-electron chi connectivity index (χ4n) is 3.22. The van der Waals surface area contributed by atoms with Gasteiger partial charge in [-0.15, -0.1) is 0 Å². The number of amides is 2. The third-order valence-electron chi connectivity index (χ3n) is 5.00. The summed E-state index contributed by atoms with van der Waals surface area (Å²) in [6, 6.07) is 18.9. The molecule has 6 heteroatoms. The maximum Gasteiger partial charge on any atom is 0.247 e. The summed E-state index contributed by atoms with van der Waals surface area (Å²) >= 11 is 0. The number of rotatable bonds is 9. The molecule has 0 atom stereocenters. The molecule has 3 aromatic rings. The van der Waals surface area contributed by atoms with Crippen LogP contribution in [0.2, 0.25) is 0 Å². The van der Waals surface area contributed by atoms with E-state index in [1.54, 1.807) is 41.5 Å². The van der Waals surface area contributed by atoms with E-state index in [-0.39, 0.29) is 43.3 Å². The molecule has 0 N–H and O–H groups in total. The van der Waals surface area contributed by atoms with Crippen LogP contribution >= 0.6 is 0 Å². The van der Waals surface area contributed by atoms with Gasteiger partial charge in [0.2, 0.25) is 11.8 Å². The molecule has 0 aliphatic carbocycles. The van der Waals surface area contributed by atoms with Gasteiger partial charge >= 0.3 is 0 Å². The van der Waals surface area contributed by atoms with Crippen molar-refractivity contribution in [3.8, 4) is 0 Å². The van der Waals surface area contributed by atoms with E-state index in [9.17, 15) is 14.0 Å². The zero-order chi connectivity index (χ0) is 22.9. The van der Waals surface area contributed by atoms with Gasteiger partial charge in [-0.25, -0.2) is 4.39 Å². The smallest absolute Gasteiger partial charge is 0.247 e. The maximum atomic E-state index is 13.3. The van der Waals surface area contributed by atoms with Gasteiger partial charge in [0.05, 0.1) is 12.8 Å². The molecule has 0 radical (unpaired) electrons. The molecule has 1 heterocycles. The quantitative estimate of drug-likeness (QED) is 0.450. The highest BCUT2D eigenvalue weighted by Gasteiger charge is 2.23. The number of halogens is 1. The average Bonchev–Trinajstić information content (AvgIpc) is 3.30. The molecule has 0 aliphatic rings. The van der Waals surface area contributed by atoms with Gasteiger partial charge in [0.15, 0.2) is 0 Å². The van der Waals surface area contributed by atoms with Crippen molar-refractivity contribution in [3.05, 3.63) is 102 Å². The minimum Gasteiger partial charge on any atom is -0.467 e. The fraction of sp³-hybridized carbons (Fsp3) is 0.231. The Morgan fingerprint density at radius 3 is 2.31 bits per heavy atom. The van der Waals surface area contributed by atoms with Gasteiger partial charge in [-0.1, -0.05) is 42.5 Å². The van der Waals surface area contributed by atoms with Crippen LogP contribution < -0.4 is 0 Å². The molecule has 166 valence electrons. The predicted octanol–water partition coefficient (Wildman–Crippen LogP) is 4.90. The van der Waals surface area contributed by atoms with Crippen molar-refractivity contribution in [2.24, 2.45) is 0 Å². The van der Waals surface area contributed by atoms with Crippen LogP contribution in [0.15, 0.2) is 83.5 Å². The Balaban J connectivity index is 1.74. The summed E-state index contributed by atoms with van der Waals surface area (Å²) in [5.41, 5.74) is 1.70. The number of carbonyl (C=O) groups is 2. The topological polar surface area (TPSA) is 53.8 Å². The third kappa shape index (κ3) is 6.67. The van der Waals surface area contributed by atoms with E-state index >= 15 is 0 Å². The van der Waals surface area contributed by atoms with Crippen molar-refractivity contribution in [1.29, 1.82) is 0 Å². The lowest BCUT2D eigenvalue weighted by atomic mass is 10.2. The second-order valence-electron chi connectivity index (χ2n) is 7.76. The number of hydrogen-bond donors (Lipinski definition) is 0. The highest BCUT2D eigenvalue weighted by molar-refractivity contribution is 5.94. The highest BCUT2D eigenvalue weighted by atomic mass is 19.1. The molecule has 0 spiro atoms. The first-order valence-electron chi connectivity index (χ1n) is 10.5. The van der Waals surface area contributed by atoms with Crippen LogP contribution in [0.25, 0.3) is 6.08 Å². The fourth-order valence-corrected chi connectivity index (χ4v) is 3.22. The SMILES string of the molecule is CC(C)N(CC(=O)N(Cc1ccc(F)cc1)Cc1ccco1)C(=O)C=Cc1ccccc1. The first kappa shape index (κ1) is 23.0. The van der Waals surface area contributed by atoms with E-state index in [4.69, 9.17) is 4.42 Å². The number of furan rings is 1.